The van der Waals surface area contributed by atoms with E-state index in [0.29, 0.717) is 5.69 Å². The molecule has 3 rings (SSSR count). The van der Waals surface area contributed by atoms with E-state index in [1.54, 1.807) is 0 Å². The van der Waals surface area contributed by atoms with Gasteiger partial charge in [-0.15, -0.1) is 0 Å². The van der Waals surface area contributed by atoms with Gasteiger partial charge >= 0.3 is 5.97 Å². The fourth-order valence-corrected chi connectivity index (χ4v) is 4.01. The molecular weight excluding hydrogens is 312 g/mol. The first kappa shape index (κ1) is 16.4. The van der Waals surface area contributed by atoms with Crippen LogP contribution in [0.1, 0.15) is 25.8 Å². The van der Waals surface area contributed by atoms with Gasteiger partial charge in [-0.3, -0.25) is 14.5 Å². The third-order valence-electron chi connectivity index (χ3n) is 4.92. The fourth-order valence-electron chi connectivity index (χ4n) is 4.01. The number of nitrogens with zero attached hydrogens (tertiary/aromatic N) is 2. The van der Waals surface area contributed by atoms with Crippen LogP contribution in [0.3, 0.4) is 0 Å². The number of fused-ring (bicyclic) bond motifs is 3. The summed E-state index contributed by atoms with van der Waals surface area (Å²) in [4.78, 5) is 39.8. The SMILES string of the molecule is COC(=O)[C@@H]1C[C@@]2(OC)c3ccccc3N(C(C)=O)[C@H]2N1C(C)=O. The van der Waals surface area contributed by atoms with Crippen molar-refractivity contribution in [2.75, 3.05) is 19.1 Å². The molecule has 0 unspecified atom stereocenters. The average molecular weight is 332 g/mol. The van der Waals surface area contributed by atoms with Gasteiger partial charge in [0.1, 0.15) is 17.8 Å². The van der Waals surface area contributed by atoms with Crippen molar-refractivity contribution in [3.8, 4) is 0 Å². The van der Waals surface area contributed by atoms with Crippen LogP contribution in [0.25, 0.3) is 0 Å². The second-order valence-corrected chi connectivity index (χ2v) is 6.04. The molecule has 0 spiro atoms. The predicted molar refractivity (Wildman–Crippen MR) is 85.0 cm³/mol. The molecule has 2 amide bonds. The maximum atomic E-state index is 12.3. The lowest BCUT2D eigenvalue weighted by molar-refractivity contribution is -0.152. The van der Waals surface area contributed by atoms with Gasteiger partial charge in [-0.05, 0) is 6.07 Å². The van der Waals surface area contributed by atoms with E-state index in [9.17, 15) is 14.4 Å². The number of ether oxygens (including phenoxy) is 2. The van der Waals surface area contributed by atoms with E-state index < -0.39 is 23.8 Å². The molecule has 1 saturated heterocycles. The summed E-state index contributed by atoms with van der Waals surface area (Å²) in [6, 6.07) is 6.57. The zero-order valence-corrected chi connectivity index (χ0v) is 14.1. The molecule has 0 aliphatic carbocycles. The molecule has 0 N–H and O–H groups in total. The van der Waals surface area contributed by atoms with Crippen LogP contribution in [-0.4, -0.2) is 49.1 Å². The fraction of sp³-hybridized carbons (Fsp3) is 0.471. The van der Waals surface area contributed by atoms with Crippen LogP contribution in [-0.2, 0) is 29.5 Å². The summed E-state index contributed by atoms with van der Waals surface area (Å²) in [5, 5.41) is 0. The number of para-hydroxylation sites is 1. The van der Waals surface area contributed by atoms with Crippen LogP contribution in [0, 0.1) is 0 Å². The molecule has 2 aliphatic rings. The molecule has 0 saturated carbocycles. The summed E-state index contributed by atoms with van der Waals surface area (Å²) in [5.41, 5.74) is 0.545. The second-order valence-electron chi connectivity index (χ2n) is 6.04. The average Bonchev–Trinajstić information content (AvgIpc) is 3.03. The number of anilines is 1. The summed E-state index contributed by atoms with van der Waals surface area (Å²) in [5.74, 6) is -1.05. The first-order valence-corrected chi connectivity index (χ1v) is 7.70. The number of esters is 1. The zero-order valence-electron chi connectivity index (χ0n) is 14.1. The zero-order chi connectivity index (χ0) is 17.6. The van der Waals surface area contributed by atoms with Crippen LogP contribution >= 0.6 is 0 Å². The number of likely N-dealkylation sites (tertiary alicyclic amines) is 1. The van der Waals surface area contributed by atoms with Crippen LogP contribution in [0.15, 0.2) is 24.3 Å². The van der Waals surface area contributed by atoms with Gasteiger partial charge in [-0.1, -0.05) is 18.2 Å². The molecule has 3 atom stereocenters. The first-order valence-electron chi connectivity index (χ1n) is 7.70. The van der Waals surface area contributed by atoms with E-state index in [0.717, 1.165) is 5.56 Å². The Hall–Kier alpha value is -2.41. The molecule has 1 fully saturated rings. The van der Waals surface area contributed by atoms with Gasteiger partial charge in [-0.25, -0.2) is 4.79 Å². The van der Waals surface area contributed by atoms with E-state index in [-0.39, 0.29) is 18.2 Å². The van der Waals surface area contributed by atoms with Gasteiger partial charge in [0.05, 0.1) is 12.8 Å². The number of methoxy groups -OCH3 is 2. The monoisotopic (exact) mass is 332 g/mol. The molecule has 7 nitrogen and oxygen atoms in total. The van der Waals surface area contributed by atoms with Crippen molar-refractivity contribution in [3.05, 3.63) is 29.8 Å². The first-order chi connectivity index (χ1) is 11.4. The number of carbonyl (C=O) groups is 3. The highest BCUT2D eigenvalue weighted by molar-refractivity contribution is 5.97. The molecule has 24 heavy (non-hydrogen) atoms. The Morgan fingerprint density at radius 2 is 1.79 bits per heavy atom. The molecular formula is C17H20N2O5. The Morgan fingerprint density at radius 3 is 2.33 bits per heavy atom. The van der Waals surface area contributed by atoms with E-state index in [1.807, 2.05) is 24.3 Å². The van der Waals surface area contributed by atoms with Gasteiger partial charge in [0.25, 0.3) is 0 Å². The van der Waals surface area contributed by atoms with E-state index in [1.165, 1.54) is 37.9 Å². The highest BCUT2D eigenvalue weighted by atomic mass is 16.5. The number of amides is 2. The summed E-state index contributed by atoms with van der Waals surface area (Å²) < 4.78 is 10.7. The van der Waals surface area contributed by atoms with Crippen LogP contribution in [0.4, 0.5) is 5.69 Å². The van der Waals surface area contributed by atoms with Crippen molar-refractivity contribution in [3.63, 3.8) is 0 Å². The van der Waals surface area contributed by atoms with Gasteiger partial charge in [0.15, 0.2) is 0 Å². The number of rotatable bonds is 2. The summed E-state index contributed by atoms with van der Waals surface area (Å²) in [6.45, 7) is 2.81. The summed E-state index contributed by atoms with van der Waals surface area (Å²) >= 11 is 0. The van der Waals surface area contributed by atoms with Gasteiger partial charge in [0, 0.05) is 32.9 Å². The van der Waals surface area contributed by atoms with Crippen molar-refractivity contribution >= 4 is 23.5 Å². The summed E-state index contributed by atoms with van der Waals surface area (Å²) in [6.07, 6.45) is -0.472. The van der Waals surface area contributed by atoms with Gasteiger partial charge in [0.2, 0.25) is 11.8 Å². The van der Waals surface area contributed by atoms with E-state index >= 15 is 0 Å². The smallest absolute Gasteiger partial charge is 0.328 e. The number of hydrogen-bond donors (Lipinski definition) is 0. The molecule has 1 aromatic rings. The number of carbonyl (C=O) groups excluding carboxylic acids is 3. The molecule has 128 valence electrons. The van der Waals surface area contributed by atoms with Crippen molar-refractivity contribution in [1.29, 1.82) is 0 Å². The van der Waals surface area contributed by atoms with Crippen molar-refractivity contribution < 1.29 is 23.9 Å². The van der Waals surface area contributed by atoms with Crippen molar-refractivity contribution in [1.82, 2.24) is 4.90 Å². The molecule has 2 heterocycles. The Kier molecular flexibility index (Phi) is 3.83. The topological polar surface area (TPSA) is 76.2 Å². The second kappa shape index (κ2) is 5.59. The molecule has 7 heteroatoms. The predicted octanol–water partition coefficient (Wildman–Crippen LogP) is 1.01. The lowest BCUT2D eigenvalue weighted by Gasteiger charge is -2.36. The lowest BCUT2D eigenvalue weighted by atomic mass is 9.90. The quantitative estimate of drug-likeness (QED) is 0.756. The minimum atomic E-state index is -0.952. The molecule has 0 radical (unpaired) electrons. The Morgan fingerprint density at radius 1 is 1.12 bits per heavy atom. The Bertz CT molecular complexity index is 719. The van der Waals surface area contributed by atoms with E-state index in [2.05, 4.69) is 0 Å². The van der Waals surface area contributed by atoms with E-state index in [4.69, 9.17) is 9.47 Å². The van der Waals surface area contributed by atoms with Crippen LogP contribution < -0.4 is 4.90 Å². The van der Waals surface area contributed by atoms with Gasteiger partial charge in [-0.2, -0.15) is 0 Å². The molecule has 0 bridgehead atoms. The number of hydrogen-bond acceptors (Lipinski definition) is 5. The van der Waals surface area contributed by atoms with Crippen molar-refractivity contribution in [2.24, 2.45) is 0 Å². The van der Waals surface area contributed by atoms with Crippen LogP contribution in [0.5, 0.6) is 0 Å². The maximum Gasteiger partial charge on any atom is 0.328 e. The van der Waals surface area contributed by atoms with Gasteiger partial charge < -0.3 is 14.4 Å². The minimum Gasteiger partial charge on any atom is -0.467 e. The summed E-state index contributed by atoms with van der Waals surface area (Å²) in [7, 11) is 2.82. The maximum absolute atomic E-state index is 12.3. The molecule has 0 aromatic heterocycles. The molecule has 1 aromatic carbocycles. The third-order valence-corrected chi connectivity index (χ3v) is 4.92. The highest BCUT2D eigenvalue weighted by Crippen LogP contribution is 2.54. The minimum absolute atomic E-state index is 0.219. The Labute approximate surface area is 140 Å². The highest BCUT2D eigenvalue weighted by Gasteiger charge is 2.64. The number of benzene rings is 1. The Balaban J connectivity index is 2.23. The largest absolute Gasteiger partial charge is 0.467 e. The standard InChI is InChI=1S/C17H20N2O5/c1-10(20)18-13-8-6-5-7-12(13)17(24-4)9-14(15(22)23-3)19(11(2)21)16(17)18/h5-8,14,16H,9H2,1-4H3/t14-,16-,17+/m0/s1. The van der Waals surface area contributed by atoms with Crippen LogP contribution in [0.2, 0.25) is 0 Å². The van der Waals surface area contributed by atoms with Crippen molar-refractivity contribution in [2.45, 2.75) is 38.1 Å². The third kappa shape index (κ3) is 1.97. The molecule has 2 aliphatic heterocycles. The normalized spacial score (nSPS) is 27.7. The lowest BCUT2D eigenvalue weighted by Crippen LogP contribution is -2.55.